The summed E-state index contributed by atoms with van der Waals surface area (Å²) in [6, 6.07) is 26.6. The quantitative estimate of drug-likeness (QED) is 0.401. The Balaban J connectivity index is 1.35. The van der Waals surface area contributed by atoms with Gasteiger partial charge in [0.2, 0.25) is 0 Å². The summed E-state index contributed by atoms with van der Waals surface area (Å²) in [5, 5.41) is 1.90. The zero-order valence-electron chi connectivity index (χ0n) is 17.5. The number of hydrogen-bond donors (Lipinski definition) is 1. The van der Waals surface area contributed by atoms with Gasteiger partial charge < -0.3 is 9.88 Å². The first kappa shape index (κ1) is 21.1. The number of hydrogen-bond acceptors (Lipinski definition) is 2. The van der Waals surface area contributed by atoms with Crippen LogP contribution in [0.1, 0.15) is 27.7 Å². The largest absolute Gasteiger partial charge is 0.350 e. The fourth-order valence-electron chi connectivity index (χ4n) is 4.51. The molecule has 3 aromatic carbocycles. The van der Waals surface area contributed by atoms with E-state index in [1.807, 2.05) is 23.1 Å². The predicted octanol–water partition coefficient (Wildman–Crippen LogP) is 6.02. The highest BCUT2D eigenvalue weighted by atomic mass is 35.5. The summed E-state index contributed by atoms with van der Waals surface area (Å²) in [6.07, 6.45) is 0. The molecule has 5 rings (SSSR count). The van der Waals surface area contributed by atoms with Gasteiger partial charge in [-0.2, -0.15) is 0 Å². The lowest BCUT2D eigenvalue weighted by Gasteiger charge is -2.39. The standard InChI is InChI=1S/C26H23Cl2N3O/c27-20-15-22(28)21-17-24(29-23(21)16-20)26(32)31-13-11-30(12-14-31)25(18-7-3-1-4-8-18)19-9-5-2-6-10-19/h1-10,15-17,25,29H,11-14H2. The predicted molar refractivity (Wildman–Crippen MR) is 131 cm³/mol. The summed E-state index contributed by atoms with van der Waals surface area (Å²) in [5.41, 5.74) is 3.85. The van der Waals surface area contributed by atoms with Gasteiger partial charge in [0.1, 0.15) is 5.69 Å². The topological polar surface area (TPSA) is 39.3 Å². The molecule has 0 saturated carbocycles. The van der Waals surface area contributed by atoms with Crippen LogP contribution in [-0.4, -0.2) is 46.9 Å². The molecule has 1 N–H and O–H groups in total. The average molecular weight is 464 g/mol. The van der Waals surface area contributed by atoms with E-state index in [4.69, 9.17) is 23.2 Å². The number of carbonyl (C=O) groups is 1. The normalized spacial score (nSPS) is 14.9. The molecule has 1 aliphatic rings. The van der Waals surface area contributed by atoms with E-state index in [2.05, 4.69) is 58.4 Å². The Labute approximate surface area is 197 Å². The Kier molecular flexibility index (Phi) is 5.92. The van der Waals surface area contributed by atoms with Crippen molar-refractivity contribution < 1.29 is 4.79 Å². The Morgan fingerprint density at radius 2 is 1.41 bits per heavy atom. The second-order valence-corrected chi connectivity index (χ2v) is 8.93. The van der Waals surface area contributed by atoms with Crippen molar-refractivity contribution in [2.45, 2.75) is 6.04 Å². The van der Waals surface area contributed by atoms with Gasteiger partial charge in [0, 0.05) is 42.1 Å². The number of aromatic nitrogens is 1. The molecule has 0 unspecified atom stereocenters. The molecule has 0 atom stereocenters. The van der Waals surface area contributed by atoms with Gasteiger partial charge in [0.25, 0.3) is 5.91 Å². The number of halogens is 2. The number of aromatic amines is 1. The molecule has 1 aliphatic heterocycles. The first-order valence-electron chi connectivity index (χ1n) is 10.7. The van der Waals surface area contributed by atoms with Gasteiger partial charge in [0.05, 0.1) is 11.1 Å². The van der Waals surface area contributed by atoms with Crippen molar-refractivity contribution in [3.63, 3.8) is 0 Å². The molecule has 162 valence electrons. The lowest BCUT2D eigenvalue weighted by molar-refractivity contribution is 0.0592. The van der Waals surface area contributed by atoms with E-state index < -0.39 is 0 Å². The van der Waals surface area contributed by atoms with Crippen molar-refractivity contribution >= 4 is 40.0 Å². The number of benzene rings is 3. The van der Waals surface area contributed by atoms with Crippen molar-refractivity contribution in [3.8, 4) is 0 Å². The van der Waals surface area contributed by atoms with E-state index in [0.717, 1.165) is 24.0 Å². The van der Waals surface area contributed by atoms with E-state index in [0.29, 0.717) is 28.8 Å². The minimum atomic E-state index is -0.0102. The van der Waals surface area contributed by atoms with E-state index in [1.165, 1.54) is 11.1 Å². The maximum Gasteiger partial charge on any atom is 0.270 e. The lowest BCUT2D eigenvalue weighted by Crippen LogP contribution is -2.50. The highest BCUT2D eigenvalue weighted by Crippen LogP contribution is 2.31. The molecule has 1 amide bonds. The van der Waals surface area contributed by atoms with Gasteiger partial charge in [-0.3, -0.25) is 9.69 Å². The summed E-state index contributed by atoms with van der Waals surface area (Å²) in [7, 11) is 0. The van der Waals surface area contributed by atoms with Crippen LogP contribution in [0, 0.1) is 0 Å². The van der Waals surface area contributed by atoms with Crippen LogP contribution in [0.25, 0.3) is 10.9 Å². The van der Waals surface area contributed by atoms with Crippen molar-refractivity contribution in [2.75, 3.05) is 26.2 Å². The molecule has 0 bridgehead atoms. The molecule has 0 aliphatic carbocycles. The number of nitrogens with one attached hydrogen (secondary N) is 1. The molecule has 1 aromatic heterocycles. The number of fused-ring (bicyclic) bond motifs is 1. The van der Waals surface area contributed by atoms with Crippen LogP contribution in [0.3, 0.4) is 0 Å². The number of piperazine rings is 1. The van der Waals surface area contributed by atoms with Gasteiger partial charge >= 0.3 is 0 Å². The van der Waals surface area contributed by atoms with Crippen LogP contribution in [0.2, 0.25) is 10.0 Å². The molecule has 32 heavy (non-hydrogen) atoms. The Hall–Kier alpha value is -2.79. The maximum absolute atomic E-state index is 13.2. The second kappa shape index (κ2) is 8.99. The maximum atomic E-state index is 13.2. The van der Waals surface area contributed by atoms with Gasteiger partial charge in [-0.15, -0.1) is 0 Å². The number of H-pyrrole nitrogens is 1. The van der Waals surface area contributed by atoms with E-state index in [9.17, 15) is 4.79 Å². The molecule has 4 nitrogen and oxygen atoms in total. The van der Waals surface area contributed by atoms with E-state index >= 15 is 0 Å². The Morgan fingerprint density at radius 1 is 0.812 bits per heavy atom. The lowest BCUT2D eigenvalue weighted by atomic mass is 9.96. The molecule has 0 spiro atoms. The highest BCUT2D eigenvalue weighted by molar-refractivity contribution is 6.38. The number of amides is 1. The number of rotatable bonds is 4. The van der Waals surface area contributed by atoms with Gasteiger partial charge in [-0.1, -0.05) is 83.9 Å². The monoisotopic (exact) mass is 463 g/mol. The molecule has 1 saturated heterocycles. The third-order valence-electron chi connectivity index (χ3n) is 6.08. The van der Waals surface area contributed by atoms with Crippen molar-refractivity contribution in [2.24, 2.45) is 0 Å². The van der Waals surface area contributed by atoms with Crippen LogP contribution in [0.5, 0.6) is 0 Å². The summed E-state index contributed by atoms with van der Waals surface area (Å²) >= 11 is 12.4. The van der Waals surface area contributed by atoms with Crippen LogP contribution in [-0.2, 0) is 0 Å². The van der Waals surface area contributed by atoms with E-state index in [1.54, 1.807) is 12.1 Å². The van der Waals surface area contributed by atoms with Gasteiger partial charge in [-0.05, 0) is 29.3 Å². The second-order valence-electron chi connectivity index (χ2n) is 8.08. The Morgan fingerprint density at radius 3 is 2.00 bits per heavy atom. The molecule has 4 aromatic rings. The fraction of sp³-hybridized carbons (Fsp3) is 0.192. The van der Waals surface area contributed by atoms with Crippen LogP contribution in [0.15, 0.2) is 78.9 Å². The number of carbonyl (C=O) groups excluding carboxylic acids is 1. The molecule has 6 heteroatoms. The first-order valence-corrected chi connectivity index (χ1v) is 11.5. The summed E-state index contributed by atoms with van der Waals surface area (Å²) in [4.78, 5) is 20.7. The van der Waals surface area contributed by atoms with E-state index in [-0.39, 0.29) is 11.9 Å². The molecular weight excluding hydrogens is 441 g/mol. The molecular formula is C26H23Cl2N3O. The van der Waals surface area contributed by atoms with Crippen LogP contribution in [0.4, 0.5) is 0 Å². The smallest absolute Gasteiger partial charge is 0.270 e. The van der Waals surface area contributed by atoms with Gasteiger partial charge in [0.15, 0.2) is 0 Å². The summed E-state index contributed by atoms with van der Waals surface area (Å²) < 4.78 is 0. The van der Waals surface area contributed by atoms with Gasteiger partial charge in [-0.25, -0.2) is 0 Å². The van der Waals surface area contributed by atoms with Crippen molar-refractivity contribution in [1.82, 2.24) is 14.8 Å². The summed E-state index contributed by atoms with van der Waals surface area (Å²) in [5.74, 6) is -0.0102. The van der Waals surface area contributed by atoms with Crippen molar-refractivity contribution in [3.05, 3.63) is 106 Å². The summed E-state index contributed by atoms with van der Waals surface area (Å²) in [6.45, 7) is 2.93. The molecule has 2 heterocycles. The van der Waals surface area contributed by atoms with Crippen molar-refractivity contribution in [1.29, 1.82) is 0 Å². The highest BCUT2D eigenvalue weighted by Gasteiger charge is 2.29. The molecule has 0 radical (unpaired) electrons. The SMILES string of the molecule is O=C(c1cc2c(Cl)cc(Cl)cc2[nH]1)N1CCN(C(c2ccccc2)c2ccccc2)CC1. The number of nitrogens with zero attached hydrogens (tertiary/aromatic N) is 2. The third kappa shape index (κ3) is 4.14. The Bertz CT molecular complexity index is 1190. The zero-order chi connectivity index (χ0) is 22.1. The van der Waals surface area contributed by atoms with Crippen LogP contribution < -0.4 is 0 Å². The third-order valence-corrected chi connectivity index (χ3v) is 6.61. The zero-order valence-corrected chi connectivity index (χ0v) is 19.0. The van der Waals surface area contributed by atoms with Crippen LogP contribution >= 0.6 is 23.2 Å². The average Bonchev–Trinajstić information content (AvgIpc) is 3.25. The minimum absolute atomic E-state index is 0.0102. The molecule has 1 fully saturated rings. The fourth-order valence-corrected chi connectivity index (χ4v) is 5.06. The first-order chi connectivity index (χ1) is 15.6. The minimum Gasteiger partial charge on any atom is -0.350 e.